The minimum Gasteiger partial charge on any atom is -0.368 e. The van der Waals surface area contributed by atoms with Crippen molar-refractivity contribution in [3.63, 3.8) is 0 Å². The van der Waals surface area contributed by atoms with Crippen molar-refractivity contribution in [2.45, 2.75) is 11.4 Å². The van der Waals surface area contributed by atoms with E-state index >= 15 is 0 Å². The molecule has 0 radical (unpaired) electrons. The smallest absolute Gasteiger partial charge is 0.251 e. The molecule has 0 aliphatic heterocycles. The molecule has 2 rings (SSSR count). The number of rotatable bonds is 7. The summed E-state index contributed by atoms with van der Waals surface area (Å²) < 4.78 is 27.0. The fourth-order valence-electron chi connectivity index (χ4n) is 1.74. The number of hydrogen-bond donors (Lipinski definition) is 3. The van der Waals surface area contributed by atoms with Crippen LogP contribution in [0.25, 0.3) is 0 Å². The monoisotopic (exact) mass is 353 g/mol. The molecule has 0 spiro atoms. The van der Waals surface area contributed by atoms with Gasteiger partial charge in [-0.25, -0.2) is 13.1 Å². The second-order valence-corrected chi connectivity index (χ2v) is 7.38. The van der Waals surface area contributed by atoms with E-state index in [-0.39, 0.29) is 23.5 Å². The topological polar surface area (TPSA) is 118 Å². The van der Waals surface area contributed by atoms with Crippen LogP contribution in [0.3, 0.4) is 0 Å². The number of hydrogen-bond acceptors (Lipinski definition) is 5. The molecule has 4 N–H and O–H groups in total. The van der Waals surface area contributed by atoms with Gasteiger partial charge in [0.15, 0.2) is 0 Å². The quantitative estimate of drug-likeness (QED) is 0.669. The van der Waals surface area contributed by atoms with E-state index in [1.165, 1.54) is 35.6 Å². The van der Waals surface area contributed by atoms with Crippen LogP contribution in [-0.4, -0.2) is 26.8 Å². The molecule has 1 aromatic carbocycles. The summed E-state index contributed by atoms with van der Waals surface area (Å²) in [5.74, 6) is -1.25. The van der Waals surface area contributed by atoms with Crippen LogP contribution >= 0.6 is 11.3 Å². The first-order chi connectivity index (χ1) is 10.9. The van der Waals surface area contributed by atoms with E-state index in [1.54, 1.807) is 0 Å². The Bertz CT molecular complexity index is 801. The standard InChI is InChI=1S/C14H15N3O4S2/c15-13(18)9-16-14(19)10-3-1-5-12(7-10)23(20,21)17-8-11-4-2-6-22-11/h1-7,17H,8-9H2,(H2,15,18)(H,16,19). The normalized spacial score (nSPS) is 11.1. The van der Waals surface area contributed by atoms with Crippen LogP contribution in [0.4, 0.5) is 0 Å². The maximum Gasteiger partial charge on any atom is 0.251 e. The van der Waals surface area contributed by atoms with Crippen LogP contribution < -0.4 is 15.8 Å². The largest absolute Gasteiger partial charge is 0.368 e. The Kier molecular flexibility index (Phi) is 5.48. The van der Waals surface area contributed by atoms with Gasteiger partial charge in [0.25, 0.3) is 5.91 Å². The van der Waals surface area contributed by atoms with E-state index in [4.69, 9.17) is 5.73 Å². The highest BCUT2D eigenvalue weighted by Crippen LogP contribution is 2.14. The second-order valence-electron chi connectivity index (χ2n) is 4.58. The Morgan fingerprint density at radius 1 is 1.17 bits per heavy atom. The Hall–Kier alpha value is -2.23. The van der Waals surface area contributed by atoms with Crippen LogP contribution in [-0.2, 0) is 21.4 Å². The molecule has 0 aliphatic carbocycles. The molecular weight excluding hydrogens is 338 g/mol. The zero-order valence-electron chi connectivity index (χ0n) is 12.0. The number of sulfonamides is 1. The first-order valence-electron chi connectivity index (χ1n) is 6.57. The van der Waals surface area contributed by atoms with Gasteiger partial charge < -0.3 is 11.1 Å². The van der Waals surface area contributed by atoms with E-state index in [9.17, 15) is 18.0 Å². The van der Waals surface area contributed by atoms with Crippen molar-refractivity contribution in [3.05, 3.63) is 52.2 Å². The Morgan fingerprint density at radius 3 is 2.61 bits per heavy atom. The summed E-state index contributed by atoms with van der Waals surface area (Å²) in [5, 5.41) is 4.16. The number of nitrogens with one attached hydrogen (secondary N) is 2. The summed E-state index contributed by atoms with van der Waals surface area (Å²) in [6.45, 7) is -0.134. The Balaban J connectivity index is 2.11. The van der Waals surface area contributed by atoms with Gasteiger partial charge in [0.2, 0.25) is 15.9 Å². The highest BCUT2D eigenvalue weighted by Gasteiger charge is 2.16. The van der Waals surface area contributed by atoms with Crippen molar-refractivity contribution < 1.29 is 18.0 Å². The lowest BCUT2D eigenvalue weighted by atomic mass is 10.2. The summed E-state index contributed by atoms with van der Waals surface area (Å²) in [6.07, 6.45) is 0. The molecule has 0 bridgehead atoms. The zero-order valence-corrected chi connectivity index (χ0v) is 13.6. The van der Waals surface area contributed by atoms with Gasteiger partial charge in [-0.05, 0) is 29.6 Å². The van der Waals surface area contributed by atoms with E-state index in [1.807, 2.05) is 17.5 Å². The maximum atomic E-state index is 12.3. The molecule has 9 heteroatoms. The maximum absolute atomic E-state index is 12.3. The van der Waals surface area contributed by atoms with Gasteiger partial charge >= 0.3 is 0 Å². The highest BCUT2D eigenvalue weighted by molar-refractivity contribution is 7.89. The molecule has 0 saturated heterocycles. The Labute approximate surface area is 137 Å². The van der Waals surface area contributed by atoms with Crippen LogP contribution in [0.2, 0.25) is 0 Å². The first-order valence-corrected chi connectivity index (χ1v) is 8.93. The summed E-state index contributed by atoms with van der Waals surface area (Å²) in [5.41, 5.74) is 5.08. The summed E-state index contributed by atoms with van der Waals surface area (Å²) in [4.78, 5) is 23.4. The number of benzene rings is 1. The first kappa shape index (κ1) is 17.1. The third kappa shape index (κ3) is 4.88. The van der Waals surface area contributed by atoms with Gasteiger partial charge in [-0.1, -0.05) is 12.1 Å². The van der Waals surface area contributed by atoms with Gasteiger partial charge in [-0.2, -0.15) is 0 Å². The molecule has 0 unspecified atom stereocenters. The van der Waals surface area contributed by atoms with Gasteiger partial charge in [-0.3, -0.25) is 9.59 Å². The number of nitrogens with two attached hydrogens (primary N) is 1. The van der Waals surface area contributed by atoms with Crippen molar-refractivity contribution >= 4 is 33.2 Å². The third-order valence-electron chi connectivity index (χ3n) is 2.85. The van der Waals surface area contributed by atoms with Crippen molar-refractivity contribution in [1.29, 1.82) is 0 Å². The zero-order chi connectivity index (χ0) is 16.9. The summed E-state index contributed by atoms with van der Waals surface area (Å²) in [7, 11) is -3.74. The molecule has 122 valence electrons. The van der Waals surface area contributed by atoms with Crippen LogP contribution in [0, 0.1) is 0 Å². The fourth-order valence-corrected chi connectivity index (χ4v) is 3.52. The Morgan fingerprint density at radius 2 is 1.96 bits per heavy atom. The van der Waals surface area contributed by atoms with E-state index < -0.39 is 21.8 Å². The lowest BCUT2D eigenvalue weighted by molar-refractivity contribution is -0.117. The molecule has 7 nitrogen and oxygen atoms in total. The summed E-state index contributed by atoms with van der Waals surface area (Å²) in [6, 6.07) is 9.20. The van der Waals surface area contributed by atoms with Gasteiger partial charge in [0.1, 0.15) is 0 Å². The van der Waals surface area contributed by atoms with Gasteiger partial charge in [0, 0.05) is 17.0 Å². The molecule has 23 heavy (non-hydrogen) atoms. The van der Waals surface area contributed by atoms with Crippen LogP contribution in [0.15, 0.2) is 46.7 Å². The molecule has 0 aliphatic rings. The number of primary amides is 1. The lowest BCUT2D eigenvalue weighted by Gasteiger charge is -2.08. The molecule has 2 amide bonds. The number of carbonyl (C=O) groups is 2. The SMILES string of the molecule is NC(=O)CNC(=O)c1cccc(S(=O)(=O)NCc2cccs2)c1. The average Bonchev–Trinajstić information content (AvgIpc) is 3.04. The van der Waals surface area contributed by atoms with Gasteiger partial charge in [0.05, 0.1) is 11.4 Å². The molecular formula is C14H15N3O4S2. The number of amides is 2. The predicted molar refractivity (Wildman–Crippen MR) is 86.3 cm³/mol. The number of carbonyl (C=O) groups excluding carboxylic acids is 2. The van der Waals surface area contributed by atoms with Gasteiger partial charge in [-0.15, -0.1) is 11.3 Å². The third-order valence-corrected chi connectivity index (χ3v) is 5.12. The second kappa shape index (κ2) is 7.36. The minimum atomic E-state index is -3.74. The van der Waals surface area contributed by atoms with Crippen molar-refractivity contribution in [2.75, 3.05) is 6.54 Å². The molecule has 1 aromatic heterocycles. The van der Waals surface area contributed by atoms with Crippen LogP contribution in [0.1, 0.15) is 15.2 Å². The fraction of sp³-hybridized carbons (Fsp3) is 0.143. The van der Waals surface area contributed by atoms with Crippen molar-refractivity contribution in [1.82, 2.24) is 10.0 Å². The van der Waals surface area contributed by atoms with E-state index in [2.05, 4.69) is 10.0 Å². The van der Waals surface area contributed by atoms with E-state index in [0.717, 1.165) is 4.88 Å². The van der Waals surface area contributed by atoms with Crippen LogP contribution in [0.5, 0.6) is 0 Å². The summed E-state index contributed by atoms with van der Waals surface area (Å²) >= 11 is 1.44. The van der Waals surface area contributed by atoms with Crippen molar-refractivity contribution in [2.24, 2.45) is 5.73 Å². The predicted octanol–water partition coefficient (Wildman–Crippen LogP) is 0.442. The van der Waals surface area contributed by atoms with Crippen molar-refractivity contribution in [3.8, 4) is 0 Å². The molecule has 0 saturated carbocycles. The highest BCUT2D eigenvalue weighted by atomic mass is 32.2. The number of thiophene rings is 1. The van der Waals surface area contributed by atoms with E-state index in [0.29, 0.717) is 0 Å². The molecule has 1 heterocycles. The lowest BCUT2D eigenvalue weighted by Crippen LogP contribution is -2.33. The minimum absolute atomic E-state index is 0.0271. The average molecular weight is 353 g/mol. The molecule has 2 aromatic rings. The molecule has 0 atom stereocenters. The molecule has 0 fully saturated rings.